The van der Waals surface area contributed by atoms with Gasteiger partial charge in [-0.15, -0.1) is 0 Å². The van der Waals surface area contributed by atoms with Crippen LogP contribution in [0.4, 0.5) is 0 Å². The number of piperazine rings is 1. The zero-order valence-corrected chi connectivity index (χ0v) is 15.5. The van der Waals surface area contributed by atoms with Crippen molar-refractivity contribution in [3.63, 3.8) is 0 Å². The van der Waals surface area contributed by atoms with Gasteiger partial charge in [-0.3, -0.25) is 19.3 Å². The number of hydrogen-bond donors (Lipinski definition) is 2. The largest absolute Gasteiger partial charge is 0.375 e. The van der Waals surface area contributed by atoms with Gasteiger partial charge in [0.2, 0.25) is 17.7 Å². The number of carbonyl (C=O) groups is 3. The fraction of sp³-hybridized carbons (Fsp3) is 0.833. The lowest BCUT2D eigenvalue weighted by Crippen LogP contribution is -2.58. The third-order valence-corrected chi connectivity index (χ3v) is 5.66. The maximum atomic E-state index is 12.4. The van der Waals surface area contributed by atoms with Crippen molar-refractivity contribution in [1.29, 1.82) is 0 Å². The molecule has 0 radical (unpaired) electrons. The molecule has 0 aromatic carbocycles. The average molecular weight is 366 g/mol. The summed E-state index contributed by atoms with van der Waals surface area (Å²) in [6.45, 7) is 3.00. The summed E-state index contributed by atoms with van der Waals surface area (Å²) >= 11 is 0. The first-order chi connectivity index (χ1) is 12.6. The number of nitrogens with one attached hydrogen (secondary N) is 2. The molecule has 3 amide bonds. The molecule has 0 aromatic heterocycles. The van der Waals surface area contributed by atoms with Crippen molar-refractivity contribution >= 4 is 17.7 Å². The van der Waals surface area contributed by atoms with Crippen LogP contribution in [-0.2, 0) is 19.1 Å². The first-order valence-electron chi connectivity index (χ1n) is 9.68. The Labute approximate surface area is 154 Å². The van der Waals surface area contributed by atoms with E-state index < -0.39 is 0 Å². The minimum absolute atomic E-state index is 0.0205. The smallest absolute Gasteiger partial charge is 0.246 e. The number of fused-ring (bicyclic) bond motifs is 1. The van der Waals surface area contributed by atoms with Gasteiger partial charge in [-0.2, -0.15) is 0 Å². The molecule has 3 aliphatic heterocycles. The second kappa shape index (κ2) is 8.81. The SMILES string of the molecule is COCC(=O)NC1CC2C(=O)NCC(CCC(=O)N3CCCCC3)N2C1. The van der Waals surface area contributed by atoms with E-state index in [0.717, 1.165) is 32.4 Å². The molecule has 0 spiro atoms. The normalized spacial score (nSPS) is 29.2. The van der Waals surface area contributed by atoms with E-state index in [1.807, 2.05) is 4.90 Å². The Morgan fingerprint density at radius 2 is 2.04 bits per heavy atom. The summed E-state index contributed by atoms with van der Waals surface area (Å²) in [5, 5.41) is 5.90. The highest BCUT2D eigenvalue weighted by Gasteiger charge is 2.43. The molecule has 2 N–H and O–H groups in total. The van der Waals surface area contributed by atoms with Crippen molar-refractivity contribution in [2.45, 2.75) is 56.7 Å². The molecule has 3 unspecified atom stereocenters. The van der Waals surface area contributed by atoms with Crippen molar-refractivity contribution in [2.24, 2.45) is 0 Å². The summed E-state index contributed by atoms with van der Waals surface area (Å²) in [5.74, 6) is 0.0870. The molecule has 3 saturated heterocycles. The van der Waals surface area contributed by atoms with Gasteiger partial charge in [-0.1, -0.05) is 0 Å². The molecule has 3 heterocycles. The van der Waals surface area contributed by atoms with Crippen LogP contribution < -0.4 is 10.6 Å². The summed E-state index contributed by atoms with van der Waals surface area (Å²) in [6.07, 6.45) is 5.28. The van der Waals surface area contributed by atoms with Crippen LogP contribution in [0.1, 0.15) is 38.5 Å². The van der Waals surface area contributed by atoms with E-state index in [0.29, 0.717) is 25.9 Å². The van der Waals surface area contributed by atoms with Crippen LogP contribution in [0.2, 0.25) is 0 Å². The number of amides is 3. The van der Waals surface area contributed by atoms with E-state index in [9.17, 15) is 14.4 Å². The first kappa shape index (κ1) is 19.1. The fourth-order valence-electron chi connectivity index (χ4n) is 4.34. The lowest BCUT2D eigenvalue weighted by atomic mass is 10.0. The van der Waals surface area contributed by atoms with Crippen LogP contribution in [-0.4, -0.2) is 85.5 Å². The van der Waals surface area contributed by atoms with E-state index in [-0.39, 0.29) is 42.5 Å². The lowest BCUT2D eigenvalue weighted by molar-refractivity contribution is -0.133. The molecule has 0 saturated carbocycles. The molecule has 3 atom stereocenters. The minimum atomic E-state index is -0.216. The first-order valence-corrected chi connectivity index (χ1v) is 9.68. The van der Waals surface area contributed by atoms with Gasteiger partial charge >= 0.3 is 0 Å². The summed E-state index contributed by atoms with van der Waals surface area (Å²) in [4.78, 5) is 40.5. The Morgan fingerprint density at radius 3 is 2.77 bits per heavy atom. The van der Waals surface area contributed by atoms with Gasteiger partial charge in [0.05, 0.1) is 6.04 Å². The molecule has 0 aromatic rings. The average Bonchev–Trinajstić information content (AvgIpc) is 3.06. The van der Waals surface area contributed by atoms with Gasteiger partial charge in [0.25, 0.3) is 0 Å². The summed E-state index contributed by atoms with van der Waals surface area (Å²) < 4.78 is 4.85. The van der Waals surface area contributed by atoms with Gasteiger partial charge < -0.3 is 20.3 Å². The van der Waals surface area contributed by atoms with Gasteiger partial charge in [-0.25, -0.2) is 0 Å². The Balaban J connectivity index is 1.52. The minimum Gasteiger partial charge on any atom is -0.375 e. The van der Waals surface area contributed by atoms with E-state index in [4.69, 9.17) is 4.74 Å². The van der Waals surface area contributed by atoms with Crippen LogP contribution in [0.5, 0.6) is 0 Å². The predicted molar refractivity (Wildman–Crippen MR) is 95.4 cm³/mol. The van der Waals surface area contributed by atoms with Crippen LogP contribution in [0.15, 0.2) is 0 Å². The topological polar surface area (TPSA) is 91.0 Å². The number of nitrogens with zero attached hydrogens (tertiary/aromatic N) is 2. The van der Waals surface area contributed by atoms with Gasteiger partial charge in [0.1, 0.15) is 6.61 Å². The molecule has 8 heteroatoms. The molecule has 146 valence electrons. The van der Waals surface area contributed by atoms with E-state index in [1.54, 1.807) is 0 Å². The zero-order valence-electron chi connectivity index (χ0n) is 15.5. The van der Waals surface area contributed by atoms with E-state index in [2.05, 4.69) is 15.5 Å². The molecule has 3 fully saturated rings. The third-order valence-electron chi connectivity index (χ3n) is 5.66. The molecule has 3 rings (SSSR count). The van der Waals surface area contributed by atoms with Crippen molar-refractivity contribution in [3.8, 4) is 0 Å². The van der Waals surface area contributed by atoms with E-state index in [1.165, 1.54) is 13.5 Å². The van der Waals surface area contributed by atoms with Crippen molar-refractivity contribution in [3.05, 3.63) is 0 Å². The number of methoxy groups -OCH3 is 1. The predicted octanol–water partition coefficient (Wildman–Crippen LogP) is -0.517. The van der Waals surface area contributed by atoms with E-state index >= 15 is 0 Å². The molecule has 0 bridgehead atoms. The van der Waals surface area contributed by atoms with Gasteiger partial charge in [0, 0.05) is 51.8 Å². The Morgan fingerprint density at radius 1 is 1.27 bits per heavy atom. The summed E-state index contributed by atoms with van der Waals surface area (Å²) in [7, 11) is 1.49. The Hall–Kier alpha value is -1.67. The number of likely N-dealkylation sites (tertiary alicyclic amines) is 1. The highest BCUT2D eigenvalue weighted by Crippen LogP contribution is 2.26. The third kappa shape index (κ3) is 4.54. The maximum absolute atomic E-state index is 12.4. The highest BCUT2D eigenvalue weighted by molar-refractivity contribution is 5.84. The number of rotatable bonds is 6. The van der Waals surface area contributed by atoms with Crippen LogP contribution in [0.25, 0.3) is 0 Å². The van der Waals surface area contributed by atoms with Crippen molar-refractivity contribution in [1.82, 2.24) is 20.4 Å². The zero-order chi connectivity index (χ0) is 18.5. The summed E-state index contributed by atoms with van der Waals surface area (Å²) in [6, 6.07) is -0.116. The second-order valence-electron chi connectivity index (χ2n) is 7.52. The van der Waals surface area contributed by atoms with Crippen molar-refractivity contribution < 1.29 is 19.1 Å². The molecule has 26 heavy (non-hydrogen) atoms. The van der Waals surface area contributed by atoms with Crippen LogP contribution in [0, 0.1) is 0 Å². The van der Waals surface area contributed by atoms with Gasteiger partial charge in [-0.05, 0) is 32.1 Å². The highest BCUT2D eigenvalue weighted by atomic mass is 16.5. The molecular formula is C18H30N4O4. The number of piperidine rings is 1. The molecule has 8 nitrogen and oxygen atoms in total. The number of carbonyl (C=O) groups excluding carboxylic acids is 3. The number of hydrogen-bond acceptors (Lipinski definition) is 5. The second-order valence-corrected chi connectivity index (χ2v) is 7.52. The summed E-state index contributed by atoms with van der Waals surface area (Å²) in [5.41, 5.74) is 0. The molecule has 3 aliphatic rings. The standard InChI is InChI=1S/C18H30N4O4/c1-26-12-16(23)20-13-9-15-18(25)19-10-14(22(15)11-13)5-6-17(24)21-7-3-2-4-8-21/h13-15H,2-12H2,1H3,(H,19,25)(H,20,23). The van der Waals surface area contributed by atoms with Crippen LogP contribution in [0.3, 0.4) is 0 Å². The Kier molecular flexibility index (Phi) is 6.48. The quantitative estimate of drug-likeness (QED) is 0.660. The van der Waals surface area contributed by atoms with Gasteiger partial charge in [0.15, 0.2) is 0 Å². The molecule has 0 aliphatic carbocycles. The monoisotopic (exact) mass is 366 g/mol. The fourth-order valence-corrected chi connectivity index (χ4v) is 4.34. The molecular weight excluding hydrogens is 336 g/mol. The number of ether oxygens (including phenoxy) is 1. The maximum Gasteiger partial charge on any atom is 0.246 e. The lowest BCUT2D eigenvalue weighted by Gasteiger charge is -2.37. The Bertz CT molecular complexity index is 535. The van der Waals surface area contributed by atoms with Crippen molar-refractivity contribution in [2.75, 3.05) is 39.9 Å². The van der Waals surface area contributed by atoms with Crippen LogP contribution >= 0.6 is 0 Å².